The van der Waals surface area contributed by atoms with Crippen LogP contribution < -0.4 is 5.73 Å². The Bertz CT molecular complexity index is 476. The van der Waals surface area contributed by atoms with Crippen LogP contribution in [0, 0.1) is 0 Å². The fraction of sp³-hybridized carbons (Fsp3) is 0.364. The Morgan fingerprint density at radius 3 is 2.93 bits per heavy atom. The molecule has 2 aromatic rings. The summed E-state index contributed by atoms with van der Waals surface area (Å²) in [7, 11) is 0. The molecule has 2 rings (SSSR count). The van der Waals surface area contributed by atoms with Gasteiger partial charge in [0.05, 0.1) is 5.52 Å². The van der Waals surface area contributed by atoms with E-state index in [4.69, 9.17) is 5.73 Å². The van der Waals surface area contributed by atoms with E-state index >= 15 is 0 Å². The summed E-state index contributed by atoms with van der Waals surface area (Å²) in [6.45, 7) is 3.48. The molecule has 0 radical (unpaired) electrons. The Kier molecular flexibility index (Phi) is 2.60. The number of nitrogens with zero attached hydrogens (tertiary/aromatic N) is 2. The number of para-hydroxylation sites is 1. The summed E-state index contributed by atoms with van der Waals surface area (Å²) >= 11 is 0. The summed E-state index contributed by atoms with van der Waals surface area (Å²) in [5.41, 5.74) is 7.17. The highest BCUT2D eigenvalue weighted by atomic mass is 16.3. The third kappa shape index (κ3) is 1.57. The molecular formula is C11H15N3O. The maximum absolute atomic E-state index is 9.67. The van der Waals surface area contributed by atoms with Gasteiger partial charge in [0, 0.05) is 13.0 Å². The van der Waals surface area contributed by atoms with Crippen molar-refractivity contribution in [2.24, 2.45) is 5.73 Å². The smallest absolute Gasteiger partial charge is 0.143 e. The van der Waals surface area contributed by atoms with Gasteiger partial charge in [0.25, 0.3) is 0 Å². The van der Waals surface area contributed by atoms with Gasteiger partial charge >= 0.3 is 0 Å². The second-order valence-corrected chi connectivity index (χ2v) is 3.46. The lowest BCUT2D eigenvalue weighted by Gasteiger charge is -2.03. The third-order valence-corrected chi connectivity index (χ3v) is 2.52. The molecule has 1 aromatic carbocycles. The van der Waals surface area contributed by atoms with Crippen molar-refractivity contribution in [3.8, 4) is 5.75 Å². The Balaban J connectivity index is 2.67. The van der Waals surface area contributed by atoms with Crippen molar-refractivity contribution in [3.05, 3.63) is 24.0 Å². The molecule has 0 saturated heterocycles. The van der Waals surface area contributed by atoms with Crippen LogP contribution in [0.4, 0.5) is 0 Å². The number of phenolic OH excluding ortho intramolecular Hbond substituents is 1. The highest BCUT2D eigenvalue weighted by molar-refractivity contribution is 5.82. The van der Waals surface area contributed by atoms with E-state index in [-0.39, 0.29) is 5.75 Å². The minimum absolute atomic E-state index is 0.234. The molecule has 0 saturated carbocycles. The second kappa shape index (κ2) is 3.90. The Labute approximate surface area is 88.3 Å². The van der Waals surface area contributed by atoms with Gasteiger partial charge in [-0.1, -0.05) is 6.07 Å². The van der Waals surface area contributed by atoms with Crippen molar-refractivity contribution in [2.75, 3.05) is 6.54 Å². The van der Waals surface area contributed by atoms with Gasteiger partial charge < -0.3 is 15.4 Å². The zero-order valence-electron chi connectivity index (χ0n) is 8.77. The lowest BCUT2D eigenvalue weighted by atomic mass is 10.3. The molecule has 4 nitrogen and oxygen atoms in total. The van der Waals surface area contributed by atoms with Gasteiger partial charge in [-0.3, -0.25) is 0 Å². The van der Waals surface area contributed by atoms with Gasteiger partial charge in [-0.25, -0.2) is 4.98 Å². The standard InChI is InChI=1S/C11H15N3O/c1-2-14-8-4-3-5-9(15)11(8)13-10(14)6-7-12/h3-5,15H,2,6-7,12H2,1H3. The molecular weight excluding hydrogens is 190 g/mol. The predicted octanol–water partition coefficient (Wildman–Crippen LogP) is 1.26. The average molecular weight is 205 g/mol. The Morgan fingerprint density at radius 2 is 2.27 bits per heavy atom. The molecule has 0 spiro atoms. The van der Waals surface area contributed by atoms with E-state index < -0.39 is 0 Å². The number of rotatable bonds is 3. The van der Waals surface area contributed by atoms with Crippen molar-refractivity contribution < 1.29 is 5.11 Å². The van der Waals surface area contributed by atoms with E-state index in [0.29, 0.717) is 12.1 Å². The molecule has 0 aliphatic rings. The number of imidazole rings is 1. The molecule has 1 aromatic heterocycles. The first-order chi connectivity index (χ1) is 7.27. The van der Waals surface area contributed by atoms with Gasteiger partial charge in [0.15, 0.2) is 0 Å². The first-order valence-electron chi connectivity index (χ1n) is 5.15. The SMILES string of the molecule is CCn1c(CCN)nc2c(O)cccc21. The molecule has 0 aliphatic carbocycles. The first kappa shape index (κ1) is 9.98. The fourth-order valence-electron chi connectivity index (χ4n) is 1.85. The predicted molar refractivity (Wildman–Crippen MR) is 59.8 cm³/mol. The number of aryl methyl sites for hydroxylation is 1. The summed E-state index contributed by atoms with van der Waals surface area (Å²) < 4.78 is 2.09. The van der Waals surface area contributed by atoms with Crippen molar-refractivity contribution >= 4 is 11.0 Å². The minimum atomic E-state index is 0.234. The number of benzene rings is 1. The summed E-state index contributed by atoms with van der Waals surface area (Å²) in [6.07, 6.45) is 0.738. The molecule has 0 aliphatic heterocycles. The maximum Gasteiger partial charge on any atom is 0.143 e. The zero-order chi connectivity index (χ0) is 10.8. The number of aromatic hydroxyl groups is 1. The molecule has 3 N–H and O–H groups in total. The largest absolute Gasteiger partial charge is 0.506 e. The van der Waals surface area contributed by atoms with Gasteiger partial charge in [0.1, 0.15) is 17.1 Å². The number of hydrogen-bond acceptors (Lipinski definition) is 3. The Morgan fingerprint density at radius 1 is 1.47 bits per heavy atom. The molecule has 1 heterocycles. The lowest BCUT2D eigenvalue weighted by Crippen LogP contribution is -2.09. The van der Waals surface area contributed by atoms with Crippen LogP contribution in [0.2, 0.25) is 0 Å². The van der Waals surface area contributed by atoms with Crippen LogP contribution in [0.3, 0.4) is 0 Å². The van der Waals surface area contributed by atoms with Crippen LogP contribution in [0.15, 0.2) is 18.2 Å². The molecule has 0 fully saturated rings. The van der Waals surface area contributed by atoms with Crippen LogP contribution in [0.1, 0.15) is 12.7 Å². The number of fused-ring (bicyclic) bond motifs is 1. The maximum atomic E-state index is 9.67. The quantitative estimate of drug-likeness (QED) is 0.793. The van der Waals surface area contributed by atoms with Gasteiger partial charge in [-0.2, -0.15) is 0 Å². The number of nitrogens with two attached hydrogens (primary N) is 1. The molecule has 0 unspecified atom stereocenters. The summed E-state index contributed by atoms with van der Waals surface area (Å²) in [5.74, 6) is 1.18. The molecule has 0 bridgehead atoms. The highest BCUT2D eigenvalue weighted by Crippen LogP contribution is 2.24. The second-order valence-electron chi connectivity index (χ2n) is 3.46. The van der Waals surface area contributed by atoms with Gasteiger partial charge in [-0.05, 0) is 25.6 Å². The minimum Gasteiger partial charge on any atom is -0.506 e. The van der Waals surface area contributed by atoms with Crippen molar-refractivity contribution in [1.29, 1.82) is 0 Å². The number of aromatic nitrogens is 2. The van der Waals surface area contributed by atoms with E-state index in [1.54, 1.807) is 6.07 Å². The third-order valence-electron chi connectivity index (χ3n) is 2.52. The van der Waals surface area contributed by atoms with E-state index in [1.807, 2.05) is 12.1 Å². The monoisotopic (exact) mass is 205 g/mol. The lowest BCUT2D eigenvalue weighted by molar-refractivity contribution is 0.480. The number of hydrogen-bond donors (Lipinski definition) is 2. The van der Waals surface area contributed by atoms with E-state index in [0.717, 1.165) is 24.3 Å². The van der Waals surface area contributed by atoms with Crippen molar-refractivity contribution in [1.82, 2.24) is 9.55 Å². The molecule has 80 valence electrons. The van der Waals surface area contributed by atoms with E-state index in [2.05, 4.69) is 16.5 Å². The molecule has 0 amide bonds. The molecule has 4 heteroatoms. The highest BCUT2D eigenvalue weighted by Gasteiger charge is 2.10. The van der Waals surface area contributed by atoms with Crippen molar-refractivity contribution in [3.63, 3.8) is 0 Å². The van der Waals surface area contributed by atoms with Crippen LogP contribution in [0.5, 0.6) is 5.75 Å². The summed E-state index contributed by atoms with van der Waals surface area (Å²) in [5, 5.41) is 9.67. The van der Waals surface area contributed by atoms with E-state index in [1.165, 1.54) is 0 Å². The van der Waals surface area contributed by atoms with E-state index in [9.17, 15) is 5.11 Å². The number of phenols is 1. The van der Waals surface area contributed by atoms with Crippen molar-refractivity contribution in [2.45, 2.75) is 19.9 Å². The Hall–Kier alpha value is -1.55. The first-order valence-corrected chi connectivity index (χ1v) is 5.15. The molecule has 15 heavy (non-hydrogen) atoms. The average Bonchev–Trinajstić information content (AvgIpc) is 2.58. The van der Waals surface area contributed by atoms with Crippen LogP contribution in [-0.2, 0) is 13.0 Å². The van der Waals surface area contributed by atoms with Crippen LogP contribution >= 0.6 is 0 Å². The van der Waals surface area contributed by atoms with Gasteiger partial charge in [-0.15, -0.1) is 0 Å². The molecule has 0 atom stereocenters. The van der Waals surface area contributed by atoms with Crippen LogP contribution in [-0.4, -0.2) is 21.2 Å². The summed E-state index contributed by atoms with van der Waals surface area (Å²) in [4.78, 5) is 4.41. The topological polar surface area (TPSA) is 64.1 Å². The fourth-order valence-corrected chi connectivity index (χ4v) is 1.85. The normalized spacial score (nSPS) is 11.1. The van der Waals surface area contributed by atoms with Gasteiger partial charge in [0.2, 0.25) is 0 Å². The van der Waals surface area contributed by atoms with Crippen LogP contribution in [0.25, 0.3) is 11.0 Å². The summed E-state index contributed by atoms with van der Waals surface area (Å²) in [6, 6.07) is 5.45. The zero-order valence-corrected chi connectivity index (χ0v) is 8.77.